The molecule has 0 spiro atoms. The van der Waals surface area contributed by atoms with Gasteiger partial charge in [-0.2, -0.15) is 0 Å². The summed E-state index contributed by atoms with van der Waals surface area (Å²) in [6.07, 6.45) is 3.51. The van der Waals surface area contributed by atoms with Gasteiger partial charge in [0.1, 0.15) is 0 Å². The van der Waals surface area contributed by atoms with Gasteiger partial charge in [-0.15, -0.1) is 0 Å². The zero-order valence-electron chi connectivity index (χ0n) is 13.6. The highest BCUT2D eigenvalue weighted by molar-refractivity contribution is 6.03. The standard InChI is InChI=1S/C18H18N4O3/c23-16-11-25-17-13(4-1-5-14(17)21-16)18(24)22-8-7-20-10-15(22)12-3-2-6-19-9-12/h1-6,9,15,20H,7-8,10-11H2,(H,21,23). The first kappa shape index (κ1) is 15.6. The number of nitrogens with zero attached hydrogens (tertiary/aromatic N) is 2. The first-order valence-corrected chi connectivity index (χ1v) is 8.21. The predicted octanol–water partition coefficient (Wildman–Crippen LogP) is 1.20. The third-order valence-corrected chi connectivity index (χ3v) is 4.44. The summed E-state index contributed by atoms with van der Waals surface area (Å²) in [5.74, 6) is 0.117. The molecule has 1 saturated heterocycles. The molecule has 3 heterocycles. The Labute approximate surface area is 145 Å². The fourth-order valence-corrected chi connectivity index (χ4v) is 3.26. The van der Waals surface area contributed by atoms with Crippen LogP contribution in [0.25, 0.3) is 0 Å². The van der Waals surface area contributed by atoms with E-state index in [2.05, 4.69) is 15.6 Å². The van der Waals surface area contributed by atoms with Crippen molar-refractivity contribution in [2.45, 2.75) is 6.04 Å². The van der Waals surface area contributed by atoms with Crippen LogP contribution in [0.4, 0.5) is 5.69 Å². The predicted molar refractivity (Wildman–Crippen MR) is 91.5 cm³/mol. The van der Waals surface area contributed by atoms with Crippen LogP contribution in [0.2, 0.25) is 0 Å². The van der Waals surface area contributed by atoms with E-state index in [1.807, 2.05) is 17.0 Å². The maximum absolute atomic E-state index is 13.2. The van der Waals surface area contributed by atoms with E-state index in [0.717, 1.165) is 12.1 Å². The number of aromatic nitrogens is 1. The molecule has 1 aromatic heterocycles. The number of carbonyl (C=O) groups is 2. The molecule has 0 radical (unpaired) electrons. The highest BCUT2D eigenvalue weighted by Crippen LogP contribution is 2.34. The van der Waals surface area contributed by atoms with E-state index in [-0.39, 0.29) is 24.5 Å². The topological polar surface area (TPSA) is 83.6 Å². The fraction of sp³-hybridized carbons (Fsp3) is 0.278. The number of piperazine rings is 1. The minimum atomic E-state index is -0.215. The summed E-state index contributed by atoms with van der Waals surface area (Å²) in [7, 11) is 0. The molecular weight excluding hydrogens is 320 g/mol. The Kier molecular flexibility index (Phi) is 4.07. The lowest BCUT2D eigenvalue weighted by molar-refractivity contribution is -0.118. The van der Waals surface area contributed by atoms with Crippen LogP contribution in [-0.2, 0) is 4.79 Å². The van der Waals surface area contributed by atoms with E-state index in [1.165, 1.54) is 0 Å². The van der Waals surface area contributed by atoms with E-state index in [9.17, 15) is 9.59 Å². The average molecular weight is 338 g/mol. The highest BCUT2D eigenvalue weighted by Gasteiger charge is 2.32. The molecule has 4 rings (SSSR count). The van der Waals surface area contributed by atoms with Crippen LogP contribution in [0.5, 0.6) is 5.75 Å². The minimum absolute atomic E-state index is 0.0785. The number of fused-ring (bicyclic) bond motifs is 1. The number of benzene rings is 1. The number of rotatable bonds is 2. The second-order valence-electron chi connectivity index (χ2n) is 6.02. The van der Waals surface area contributed by atoms with Crippen LogP contribution in [0.15, 0.2) is 42.7 Å². The van der Waals surface area contributed by atoms with Crippen LogP contribution < -0.4 is 15.4 Å². The number of para-hydroxylation sites is 1. The average Bonchev–Trinajstić information content (AvgIpc) is 2.67. The van der Waals surface area contributed by atoms with E-state index in [4.69, 9.17) is 4.74 Å². The van der Waals surface area contributed by atoms with Gasteiger partial charge in [0.25, 0.3) is 11.8 Å². The van der Waals surface area contributed by atoms with Gasteiger partial charge >= 0.3 is 0 Å². The molecule has 0 bridgehead atoms. The summed E-state index contributed by atoms with van der Waals surface area (Å²) in [6.45, 7) is 1.92. The quantitative estimate of drug-likeness (QED) is 0.860. The number of nitrogens with one attached hydrogen (secondary N) is 2. The molecule has 128 valence electrons. The lowest BCUT2D eigenvalue weighted by Crippen LogP contribution is -2.48. The summed E-state index contributed by atoms with van der Waals surface area (Å²) in [6, 6.07) is 8.98. The molecule has 1 unspecified atom stereocenters. The SMILES string of the molecule is O=C1COc2c(cccc2C(=O)N2CCNCC2c2cccnc2)N1. The van der Waals surface area contributed by atoms with Gasteiger partial charge in [0.05, 0.1) is 17.3 Å². The van der Waals surface area contributed by atoms with Crippen molar-refractivity contribution in [3.8, 4) is 5.75 Å². The normalized spacial score (nSPS) is 19.6. The van der Waals surface area contributed by atoms with E-state index >= 15 is 0 Å². The monoisotopic (exact) mass is 338 g/mol. The third kappa shape index (κ3) is 2.94. The van der Waals surface area contributed by atoms with Gasteiger partial charge < -0.3 is 20.3 Å². The first-order valence-electron chi connectivity index (χ1n) is 8.21. The number of carbonyl (C=O) groups excluding carboxylic acids is 2. The number of hydrogen-bond donors (Lipinski definition) is 2. The van der Waals surface area contributed by atoms with E-state index < -0.39 is 0 Å². The van der Waals surface area contributed by atoms with Crippen LogP contribution in [0.3, 0.4) is 0 Å². The van der Waals surface area contributed by atoms with Crippen molar-refractivity contribution in [3.63, 3.8) is 0 Å². The Bertz CT molecular complexity index is 809. The summed E-state index contributed by atoms with van der Waals surface area (Å²) >= 11 is 0. The summed E-state index contributed by atoms with van der Waals surface area (Å²) in [5, 5.41) is 6.07. The molecule has 0 aliphatic carbocycles. The van der Waals surface area contributed by atoms with Crippen molar-refractivity contribution >= 4 is 17.5 Å². The number of hydrogen-bond acceptors (Lipinski definition) is 5. The maximum Gasteiger partial charge on any atom is 0.262 e. The maximum atomic E-state index is 13.2. The Morgan fingerprint density at radius 2 is 2.20 bits per heavy atom. The van der Waals surface area contributed by atoms with Crippen molar-refractivity contribution < 1.29 is 14.3 Å². The third-order valence-electron chi connectivity index (χ3n) is 4.44. The molecule has 2 aliphatic rings. The molecule has 25 heavy (non-hydrogen) atoms. The molecular formula is C18H18N4O3. The van der Waals surface area contributed by atoms with Gasteiger partial charge in [-0.05, 0) is 23.8 Å². The van der Waals surface area contributed by atoms with E-state index in [0.29, 0.717) is 30.1 Å². The van der Waals surface area contributed by atoms with Crippen LogP contribution in [0, 0.1) is 0 Å². The van der Waals surface area contributed by atoms with Crippen molar-refractivity contribution in [1.29, 1.82) is 0 Å². The molecule has 7 nitrogen and oxygen atoms in total. The Hall–Kier alpha value is -2.93. The van der Waals surface area contributed by atoms with Gasteiger partial charge in [0, 0.05) is 32.0 Å². The van der Waals surface area contributed by atoms with Gasteiger partial charge in [-0.1, -0.05) is 12.1 Å². The number of pyridine rings is 1. The van der Waals surface area contributed by atoms with Crippen LogP contribution in [0.1, 0.15) is 22.0 Å². The van der Waals surface area contributed by atoms with Crippen molar-refractivity contribution in [1.82, 2.24) is 15.2 Å². The van der Waals surface area contributed by atoms with Crippen LogP contribution in [-0.4, -0.2) is 47.9 Å². The number of amides is 2. The van der Waals surface area contributed by atoms with Gasteiger partial charge in [-0.25, -0.2) is 0 Å². The van der Waals surface area contributed by atoms with Gasteiger partial charge in [-0.3, -0.25) is 14.6 Å². The molecule has 1 fully saturated rings. The molecule has 1 aromatic carbocycles. The zero-order chi connectivity index (χ0) is 17.2. The second kappa shape index (κ2) is 6.52. The largest absolute Gasteiger partial charge is 0.481 e. The fourth-order valence-electron chi connectivity index (χ4n) is 3.26. The van der Waals surface area contributed by atoms with E-state index in [1.54, 1.807) is 30.6 Å². The van der Waals surface area contributed by atoms with Crippen molar-refractivity contribution in [2.75, 3.05) is 31.6 Å². The number of ether oxygens (including phenoxy) is 1. The molecule has 2 aliphatic heterocycles. The Balaban J connectivity index is 1.68. The minimum Gasteiger partial charge on any atom is -0.481 e. The summed E-state index contributed by atoms with van der Waals surface area (Å²) in [4.78, 5) is 30.7. The van der Waals surface area contributed by atoms with Crippen molar-refractivity contribution in [2.24, 2.45) is 0 Å². The molecule has 2 amide bonds. The lowest BCUT2D eigenvalue weighted by atomic mass is 10.0. The van der Waals surface area contributed by atoms with Gasteiger partial charge in [0.2, 0.25) is 0 Å². The second-order valence-corrected chi connectivity index (χ2v) is 6.02. The summed E-state index contributed by atoms with van der Waals surface area (Å²) in [5.41, 5.74) is 1.99. The number of anilines is 1. The smallest absolute Gasteiger partial charge is 0.262 e. The lowest BCUT2D eigenvalue weighted by Gasteiger charge is -2.37. The zero-order valence-corrected chi connectivity index (χ0v) is 13.6. The molecule has 0 saturated carbocycles. The van der Waals surface area contributed by atoms with Gasteiger partial charge in [0.15, 0.2) is 12.4 Å². The van der Waals surface area contributed by atoms with Crippen LogP contribution >= 0.6 is 0 Å². The Morgan fingerprint density at radius 1 is 1.28 bits per heavy atom. The van der Waals surface area contributed by atoms with Crippen molar-refractivity contribution in [3.05, 3.63) is 53.9 Å². The highest BCUT2D eigenvalue weighted by atomic mass is 16.5. The summed E-state index contributed by atoms with van der Waals surface area (Å²) < 4.78 is 5.53. The Morgan fingerprint density at radius 3 is 3.04 bits per heavy atom. The first-order chi connectivity index (χ1) is 12.2. The molecule has 7 heteroatoms. The molecule has 2 N–H and O–H groups in total. The molecule has 1 atom stereocenters. The molecule has 2 aromatic rings.